The number of hydrogen-bond donors (Lipinski definition) is 1. The van der Waals surface area contributed by atoms with Crippen LogP contribution in [0.15, 0.2) is 71.5 Å². The molecule has 4 nitrogen and oxygen atoms in total. The molecule has 0 unspecified atom stereocenters. The molecule has 1 amide bonds. The van der Waals surface area contributed by atoms with Crippen LogP contribution in [0.4, 0.5) is 5.69 Å². The molecule has 1 N–H and O–H groups in total. The van der Waals surface area contributed by atoms with Crippen molar-refractivity contribution in [1.82, 2.24) is 4.57 Å². The highest BCUT2D eigenvalue weighted by Crippen LogP contribution is 2.20. The van der Waals surface area contributed by atoms with Gasteiger partial charge in [-0.25, -0.2) is 0 Å². The number of nitrogens with one attached hydrogen (secondary N) is 1. The van der Waals surface area contributed by atoms with Crippen molar-refractivity contribution in [1.29, 1.82) is 0 Å². The fourth-order valence-corrected chi connectivity index (χ4v) is 3.48. The second-order valence-corrected chi connectivity index (χ2v) is 6.87. The largest absolute Gasteiger partial charge is 0.331 e. The predicted molar refractivity (Wildman–Crippen MR) is 110 cm³/mol. The maximum absolute atomic E-state index is 12.9. The van der Waals surface area contributed by atoms with Gasteiger partial charge in [-0.05, 0) is 55.8 Å². The lowest BCUT2D eigenvalue weighted by Crippen LogP contribution is -2.21. The number of fused-ring (bicyclic) bond motifs is 2. The molecular formula is C23H20N2O2. The fourth-order valence-electron chi connectivity index (χ4n) is 3.48. The predicted octanol–water partition coefficient (Wildman–Crippen LogP) is 4.41. The second-order valence-electron chi connectivity index (χ2n) is 6.87. The number of aryl methyl sites for hydroxylation is 2. The van der Waals surface area contributed by atoms with Crippen LogP contribution in [0, 0.1) is 13.8 Å². The zero-order valence-electron chi connectivity index (χ0n) is 15.3. The van der Waals surface area contributed by atoms with Crippen LogP contribution in [-0.4, -0.2) is 10.5 Å². The molecule has 0 aliphatic carbocycles. The molecule has 1 aromatic heterocycles. The van der Waals surface area contributed by atoms with Crippen molar-refractivity contribution in [3.05, 3.63) is 88.1 Å². The van der Waals surface area contributed by atoms with E-state index < -0.39 is 0 Å². The molecule has 0 radical (unpaired) electrons. The van der Waals surface area contributed by atoms with Gasteiger partial charge in [0.05, 0.1) is 11.0 Å². The van der Waals surface area contributed by atoms with Gasteiger partial charge in [-0.2, -0.15) is 0 Å². The quantitative estimate of drug-likeness (QED) is 0.553. The molecule has 3 aromatic carbocycles. The van der Waals surface area contributed by atoms with E-state index >= 15 is 0 Å². The van der Waals surface area contributed by atoms with Crippen LogP contribution in [0.2, 0.25) is 0 Å². The third-order valence-electron chi connectivity index (χ3n) is 4.73. The van der Waals surface area contributed by atoms with E-state index in [0.717, 1.165) is 27.8 Å². The first kappa shape index (κ1) is 17.0. The highest BCUT2D eigenvalue weighted by molar-refractivity contribution is 5.97. The third-order valence-corrected chi connectivity index (χ3v) is 4.73. The third kappa shape index (κ3) is 3.22. The van der Waals surface area contributed by atoms with Crippen molar-refractivity contribution in [3.8, 4) is 0 Å². The van der Waals surface area contributed by atoms with E-state index in [0.29, 0.717) is 10.8 Å². The van der Waals surface area contributed by atoms with Crippen LogP contribution in [0.3, 0.4) is 0 Å². The summed E-state index contributed by atoms with van der Waals surface area (Å²) in [6.07, 6.45) is 0. The number of hydrogen-bond acceptors (Lipinski definition) is 2. The summed E-state index contributed by atoms with van der Waals surface area (Å²) in [5.41, 5.74) is 4.40. The van der Waals surface area contributed by atoms with Gasteiger partial charge in [-0.1, -0.05) is 35.9 Å². The number of amides is 1. The number of nitrogens with zero attached hydrogens (tertiary/aromatic N) is 1. The van der Waals surface area contributed by atoms with E-state index in [1.807, 2.05) is 85.1 Å². The first-order valence-corrected chi connectivity index (χ1v) is 8.91. The van der Waals surface area contributed by atoms with Crippen molar-refractivity contribution < 1.29 is 4.79 Å². The lowest BCUT2D eigenvalue weighted by Gasteiger charge is -2.15. The van der Waals surface area contributed by atoms with E-state index in [2.05, 4.69) is 5.32 Å². The second kappa shape index (κ2) is 6.72. The molecule has 4 aromatic rings. The summed E-state index contributed by atoms with van der Waals surface area (Å²) in [6, 6.07) is 20.9. The first-order chi connectivity index (χ1) is 13.0. The van der Waals surface area contributed by atoms with Gasteiger partial charge in [0.25, 0.3) is 0 Å². The maximum atomic E-state index is 12.9. The van der Waals surface area contributed by atoms with Crippen molar-refractivity contribution in [2.45, 2.75) is 20.4 Å². The molecule has 0 bridgehead atoms. The number of anilines is 1. The van der Waals surface area contributed by atoms with Crippen LogP contribution in [0.25, 0.3) is 21.8 Å². The first-order valence-electron chi connectivity index (χ1n) is 8.91. The van der Waals surface area contributed by atoms with E-state index in [9.17, 15) is 9.59 Å². The molecule has 0 spiro atoms. The molecule has 134 valence electrons. The molecule has 0 aliphatic heterocycles. The van der Waals surface area contributed by atoms with Crippen LogP contribution >= 0.6 is 0 Å². The van der Waals surface area contributed by atoms with Crippen LogP contribution in [0.5, 0.6) is 0 Å². The smallest absolute Gasteiger partial charge is 0.244 e. The summed E-state index contributed by atoms with van der Waals surface area (Å²) >= 11 is 0. The average molecular weight is 356 g/mol. The number of pyridine rings is 1. The Labute approximate surface area is 157 Å². The standard InChI is InChI=1S/C23H20N2O2/c1-15-6-5-7-17(12-15)24-22(26)14-25-20-9-4-3-8-18(20)23(27)19-13-16(2)10-11-21(19)25/h3-13H,14H2,1-2H3,(H,24,26). The molecular weight excluding hydrogens is 336 g/mol. The highest BCUT2D eigenvalue weighted by atomic mass is 16.2. The summed E-state index contributed by atoms with van der Waals surface area (Å²) in [4.78, 5) is 25.6. The maximum Gasteiger partial charge on any atom is 0.244 e. The van der Waals surface area contributed by atoms with Crippen molar-refractivity contribution >= 4 is 33.4 Å². The zero-order valence-corrected chi connectivity index (χ0v) is 15.3. The minimum Gasteiger partial charge on any atom is -0.331 e. The van der Waals surface area contributed by atoms with Gasteiger partial charge >= 0.3 is 0 Å². The summed E-state index contributed by atoms with van der Waals surface area (Å²) in [6.45, 7) is 4.08. The van der Waals surface area contributed by atoms with Gasteiger partial charge in [-0.15, -0.1) is 0 Å². The molecule has 0 saturated carbocycles. The van der Waals surface area contributed by atoms with Gasteiger partial charge in [0.1, 0.15) is 6.54 Å². The minimum atomic E-state index is -0.128. The zero-order chi connectivity index (χ0) is 19.0. The van der Waals surface area contributed by atoms with Gasteiger partial charge in [0.15, 0.2) is 5.43 Å². The van der Waals surface area contributed by atoms with Crippen molar-refractivity contribution in [2.75, 3.05) is 5.32 Å². The topological polar surface area (TPSA) is 51.1 Å². The Kier molecular flexibility index (Phi) is 4.24. The molecule has 0 atom stereocenters. The fraction of sp³-hybridized carbons (Fsp3) is 0.130. The number of aromatic nitrogens is 1. The lowest BCUT2D eigenvalue weighted by atomic mass is 10.1. The molecule has 0 saturated heterocycles. The molecule has 27 heavy (non-hydrogen) atoms. The van der Waals surface area contributed by atoms with E-state index in [1.165, 1.54) is 0 Å². The number of rotatable bonds is 3. The monoisotopic (exact) mass is 356 g/mol. The van der Waals surface area contributed by atoms with Gasteiger partial charge < -0.3 is 9.88 Å². The van der Waals surface area contributed by atoms with Crippen molar-refractivity contribution in [3.63, 3.8) is 0 Å². The molecule has 4 rings (SSSR count). The van der Waals surface area contributed by atoms with E-state index in [-0.39, 0.29) is 17.9 Å². The number of para-hydroxylation sites is 1. The highest BCUT2D eigenvalue weighted by Gasteiger charge is 2.13. The number of benzene rings is 3. The Morgan fingerprint density at radius 1 is 0.852 bits per heavy atom. The summed E-state index contributed by atoms with van der Waals surface area (Å²) < 4.78 is 1.91. The SMILES string of the molecule is Cc1cccc(NC(=O)Cn2c3ccccc3c(=O)c3cc(C)ccc32)c1. The van der Waals surface area contributed by atoms with Crippen molar-refractivity contribution in [2.24, 2.45) is 0 Å². The van der Waals surface area contributed by atoms with Gasteiger partial charge in [-0.3, -0.25) is 9.59 Å². The molecule has 4 heteroatoms. The molecule has 0 aliphatic rings. The number of carbonyl (C=O) groups excluding carboxylic acids is 1. The van der Waals surface area contributed by atoms with Crippen LogP contribution in [0.1, 0.15) is 11.1 Å². The Balaban J connectivity index is 1.83. The van der Waals surface area contributed by atoms with Crippen LogP contribution < -0.4 is 10.7 Å². The Morgan fingerprint density at radius 2 is 1.59 bits per heavy atom. The average Bonchev–Trinajstić information content (AvgIpc) is 2.65. The van der Waals surface area contributed by atoms with Crippen LogP contribution in [-0.2, 0) is 11.3 Å². The summed E-state index contributed by atoms with van der Waals surface area (Å²) in [5.74, 6) is -0.128. The molecule has 1 heterocycles. The van der Waals surface area contributed by atoms with Gasteiger partial charge in [0, 0.05) is 16.5 Å². The van der Waals surface area contributed by atoms with E-state index in [1.54, 1.807) is 0 Å². The Hall–Kier alpha value is -3.40. The number of carbonyl (C=O) groups is 1. The molecule has 0 fully saturated rings. The lowest BCUT2D eigenvalue weighted by molar-refractivity contribution is -0.116. The Morgan fingerprint density at radius 3 is 2.41 bits per heavy atom. The summed E-state index contributed by atoms with van der Waals surface area (Å²) in [5, 5.41) is 4.21. The summed E-state index contributed by atoms with van der Waals surface area (Å²) in [7, 11) is 0. The Bertz CT molecular complexity index is 1240. The minimum absolute atomic E-state index is 0.000331. The van der Waals surface area contributed by atoms with Gasteiger partial charge in [0.2, 0.25) is 5.91 Å². The normalized spacial score (nSPS) is 11.0. The van der Waals surface area contributed by atoms with E-state index in [4.69, 9.17) is 0 Å².